The van der Waals surface area contributed by atoms with Crippen molar-refractivity contribution in [1.82, 2.24) is 0 Å². The van der Waals surface area contributed by atoms with Crippen LogP contribution in [0.25, 0.3) is 11.1 Å². The van der Waals surface area contributed by atoms with Crippen molar-refractivity contribution < 1.29 is 4.18 Å². The summed E-state index contributed by atoms with van der Waals surface area (Å²) in [5, 5.41) is 0. The van der Waals surface area contributed by atoms with Gasteiger partial charge in [-0.15, -0.1) is 0 Å². The Morgan fingerprint density at radius 2 is 1.78 bits per heavy atom. The van der Waals surface area contributed by atoms with Crippen LogP contribution in [-0.2, 0) is 0 Å². The summed E-state index contributed by atoms with van der Waals surface area (Å²) in [4.78, 5) is 0. The summed E-state index contributed by atoms with van der Waals surface area (Å²) in [6.07, 6.45) is 0. The highest BCUT2D eigenvalue weighted by Gasteiger charge is 2.02. The molecule has 0 radical (unpaired) electrons. The molecule has 0 aliphatic rings. The van der Waals surface area contributed by atoms with Crippen LogP contribution < -0.4 is 4.18 Å². The predicted molar refractivity (Wildman–Crippen MR) is 91.7 cm³/mol. The Hall–Kier alpha value is -0.200. The largest absolute Gasteiger partial charge is 0.426 e. The van der Waals surface area contributed by atoms with Gasteiger partial charge in [-0.05, 0) is 23.3 Å². The maximum Gasteiger partial charge on any atom is 0.137 e. The van der Waals surface area contributed by atoms with Gasteiger partial charge in [0.05, 0.1) is 20.6 Å². The third-order valence-electron chi connectivity index (χ3n) is 2.29. The quantitative estimate of drug-likeness (QED) is 0.347. The minimum atomic E-state index is 0.428. The fourth-order valence-electron chi connectivity index (χ4n) is 1.51. The first-order valence-corrected chi connectivity index (χ1v) is 8.56. The number of benzene rings is 2. The molecule has 2 aromatic rings. The van der Waals surface area contributed by atoms with E-state index in [0.29, 0.717) is 2.83 Å². The van der Waals surface area contributed by atoms with E-state index >= 15 is 0 Å². The molecule has 0 spiro atoms. The van der Waals surface area contributed by atoms with E-state index in [1.165, 1.54) is 23.2 Å². The Bertz CT molecular complexity index is 490. The van der Waals surface area contributed by atoms with Crippen LogP contribution in [0.2, 0.25) is 0 Å². The highest BCUT2D eigenvalue weighted by Crippen LogP contribution is 2.26. The van der Waals surface area contributed by atoms with Crippen LogP contribution in [-0.4, -0.2) is 8.59 Å². The highest BCUT2D eigenvalue weighted by atomic mass is 127. The van der Waals surface area contributed by atoms with Gasteiger partial charge in [0.2, 0.25) is 0 Å². The topological polar surface area (TPSA) is 9.23 Å². The van der Waals surface area contributed by atoms with Crippen molar-refractivity contribution in [3.63, 3.8) is 0 Å². The Morgan fingerprint density at radius 3 is 2.50 bits per heavy atom. The first-order chi connectivity index (χ1) is 8.75. The fraction of sp³-hybridized carbons (Fsp3) is 0.143. The lowest BCUT2D eigenvalue weighted by Gasteiger charge is -2.07. The maximum atomic E-state index is 5.66. The lowest BCUT2D eigenvalue weighted by atomic mass is 10.1. The summed E-state index contributed by atoms with van der Waals surface area (Å²) in [5.41, 5.74) is 2.39. The molecular weight excluding hydrogens is 423 g/mol. The molecule has 0 fully saturated rings. The molecule has 94 valence electrons. The third-order valence-corrected chi connectivity index (χ3v) is 4.86. The molecule has 0 aliphatic carbocycles. The molecule has 0 saturated carbocycles. The van der Waals surface area contributed by atoms with Crippen LogP contribution in [0.15, 0.2) is 54.6 Å². The van der Waals surface area contributed by atoms with Gasteiger partial charge in [0.1, 0.15) is 5.75 Å². The zero-order chi connectivity index (χ0) is 12.8. The third kappa shape index (κ3) is 4.48. The second-order valence-corrected chi connectivity index (χ2v) is 8.71. The van der Waals surface area contributed by atoms with Crippen LogP contribution in [0.5, 0.6) is 5.75 Å². The van der Waals surface area contributed by atoms with Gasteiger partial charge < -0.3 is 4.18 Å². The van der Waals surface area contributed by atoms with Crippen molar-refractivity contribution in [3.8, 4) is 16.9 Å². The Balaban J connectivity index is 2.06. The average Bonchev–Trinajstić information content (AvgIpc) is 2.40. The number of hydrogen-bond acceptors (Lipinski definition) is 2. The van der Waals surface area contributed by atoms with Crippen molar-refractivity contribution in [1.29, 1.82) is 0 Å². The van der Waals surface area contributed by atoms with Crippen LogP contribution in [0.1, 0.15) is 0 Å². The summed E-state index contributed by atoms with van der Waals surface area (Å²) in [6.45, 7) is 0. The number of rotatable bonds is 5. The standard InChI is InChI=1S/C14H12BrIOS/c15-14(16)10-18-17-13-8-4-7-12(9-13)11-5-2-1-3-6-11/h1-9,14H,10H2. The average molecular weight is 435 g/mol. The van der Waals surface area contributed by atoms with Crippen LogP contribution >= 0.6 is 50.6 Å². The van der Waals surface area contributed by atoms with Gasteiger partial charge in [-0.3, -0.25) is 0 Å². The summed E-state index contributed by atoms with van der Waals surface area (Å²) < 4.78 is 6.09. The summed E-state index contributed by atoms with van der Waals surface area (Å²) in [7, 11) is 0. The van der Waals surface area contributed by atoms with Gasteiger partial charge in [0.15, 0.2) is 0 Å². The summed E-state index contributed by atoms with van der Waals surface area (Å²) in [6, 6.07) is 18.5. The first-order valence-electron chi connectivity index (χ1n) is 5.49. The Labute approximate surface area is 134 Å². The molecule has 2 rings (SSSR count). The molecule has 1 atom stereocenters. The second-order valence-electron chi connectivity index (χ2n) is 3.65. The van der Waals surface area contributed by atoms with Crippen molar-refractivity contribution in [2.24, 2.45) is 0 Å². The smallest absolute Gasteiger partial charge is 0.137 e. The lowest BCUT2D eigenvalue weighted by Crippen LogP contribution is -1.92. The van der Waals surface area contributed by atoms with E-state index < -0.39 is 0 Å². The van der Waals surface area contributed by atoms with Crippen molar-refractivity contribution in [2.45, 2.75) is 2.83 Å². The van der Waals surface area contributed by atoms with Crippen molar-refractivity contribution >= 4 is 50.6 Å². The number of halogens is 2. The van der Waals surface area contributed by atoms with Crippen molar-refractivity contribution in [2.75, 3.05) is 5.75 Å². The molecule has 0 heterocycles. The summed E-state index contributed by atoms with van der Waals surface area (Å²) >= 11 is 7.27. The maximum absolute atomic E-state index is 5.66. The Morgan fingerprint density at radius 1 is 1.06 bits per heavy atom. The van der Waals surface area contributed by atoms with Crippen LogP contribution in [0.4, 0.5) is 0 Å². The molecule has 0 saturated heterocycles. The molecule has 4 heteroatoms. The lowest BCUT2D eigenvalue weighted by molar-refractivity contribution is 0.647. The predicted octanol–water partition coefficient (Wildman–Crippen LogP) is 5.54. The SMILES string of the molecule is BrC(I)CSOc1cccc(-c2ccccc2)c1. The minimum absolute atomic E-state index is 0.428. The Kier molecular flexibility index (Phi) is 5.85. The molecule has 0 bridgehead atoms. The normalized spacial score (nSPS) is 12.1. The number of alkyl halides is 2. The van der Waals surface area contributed by atoms with E-state index in [4.69, 9.17) is 4.18 Å². The van der Waals surface area contributed by atoms with E-state index in [2.05, 4.69) is 62.8 Å². The molecule has 2 aromatic carbocycles. The van der Waals surface area contributed by atoms with E-state index in [9.17, 15) is 0 Å². The van der Waals surface area contributed by atoms with Gasteiger partial charge in [-0.2, -0.15) is 0 Å². The van der Waals surface area contributed by atoms with Crippen LogP contribution in [0, 0.1) is 0 Å². The molecule has 0 aromatic heterocycles. The van der Waals surface area contributed by atoms with Gasteiger partial charge in [0, 0.05) is 0 Å². The highest BCUT2D eigenvalue weighted by molar-refractivity contribution is 14.1. The van der Waals surface area contributed by atoms with Gasteiger partial charge in [-0.1, -0.05) is 81.0 Å². The van der Waals surface area contributed by atoms with E-state index in [0.717, 1.165) is 11.5 Å². The van der Waals surface area contributed by atoms with Gasteiger partial charge in [0.25, 0.3) is 0 Å². The molecular formula is C14H12BrIOS. The van der Waals surface area contributed by atoms with Crippen molar-refractivity contribution in [3.05, 3.63) is 54.6 Å². The number of hydrogen-bond donors (Lipinski definition) is 0. The van der Waals surface area contributed by atoms with Crippen LogP contribution in [0.3, 0.4) is 0 Å². The van der Waals surface area contributed by atoms with E-state index in [-0.39, 0.29) is 0 Å². The minimum Gasteiger partial charge on any atom is -0.426 e. The molecule has 1 nitrogen and oxygen atoms in total. The van der Waals surface area contributed by atoms with Gasteiger partial charge in [-0.25, -0.2) is 0 Å². The second kappa shape index (κ2) is 7.40. The molecule has 0 aliphatic heterocycles. The molecule has 0 amide bonds. The van der Waals surface area contributed by atoms with E-state index in [1.54, 1.807) is 0 Å². The fourth-order valence-corrected chi connectivity index (χ4v) is 2.69. The zero-order valence-electron chi connectivity index (χ0n) is 9.55. The monoisotopic (exact) mass is 434 g/mol. The zero-order valence-corrected chi connectivity index (χ0v) is 14.1. The van der Waals surface area contributed by atoms with Gasteiger partial charge >= 0.3 is 0 Å². The molecule has 18 heavy (non-hydrogen) atoms. The summed E-state index contributed by atoms with van der Waals surface area (Å²) in [5.74, 6) is 1.81. The molecule has 1 unspecified atom stereocenters. The van der Waals surface area contributed by atoms with E-state index in [1.807, 2.05) is 30.3 Å². The first kappa shape index (κ1) is 14.2. The molecule has 0 N–H and O–H groups in total.